The van der Waals surface area contributed by atoms with Crippen LogP contribution in [0.5, 0.6) is 0 Å². The average molecular weight is 334 g/mol. The highest BCUT2D eigenvalue weighted by molar-refractivity contribution is 5.86. The number of hydrogen-bond donors (Lipinski definition) is 1. The van der Waals surface area contributed by atoms with Gasteiger partial charge in [0.25, 0.3) is 0 Å². The van der Waals surface area contributed by atoms with Crippen LogP contribution in [0.3, 0.4) is 0 Å². The Morgan fingerprint density at radius 2 is 1.83 bits per heavy atom. The number of rotatable bonds is 7. The molecule has 1 aromatic rings. The van der Waals surface area contributed by atoms with Crippen LogP contribution in [0.15, 0.2) is 30.3 Å². The Hall–Kier alpha value is -1.92. The molecule has 1 heterocycles. The summed E-state index contributed by atoms with van der Waals surface area (Å²) in [4.78, 5) is 26.7. The largest absolute Gasteiger partial charge is 0.468 e. The van der Waals surface area contributed by atoms with Crippen LogP contribution in [0.4, 0.5) is 0 Å². The van der Waals surface area contributed by atoms with Gasteiger partial charge in [0.15, 0.2) is 0 Å². The van der Waals surface area contributed by atoms with Gasteiger partial charge in [0.2, 0.25) is 5.91 Å². The fraction of sp³-hybridized carbons (Fsp3) is 0.556. The van der Waals surface area contributed by atoms with Crippen molar-refractivity contribution in [2.24, 2.45) is 5.41 Å². The second-order valence-corrected chi connectivity index (χ2v) is 6.19. The maximum atomic E-state index is 13.3. The highest BCUT2D eigenvalue weighted by Crippen LogP contribution is 2.32. The van der Waals surface area contributed by atoms with Crippen LogP contribution in [0, 0.1) is 5.41 Å². The van der Waals surface area contributed by atoms with E-state index < -0.39 is 11.4 Å². The van der Waals surface area contributed by atoms with Crippen molar-refractivity contribution in [2.75, 3.05) is 40.5 Å². The molecule has 24 heavy (non-hydrogen) atoms. The number of carbonyl (C=O) groups excluding carboxylic acids is 2. The lowest BCUT2D eigenvalue weighted by atomic mass is 9.78. The summed E-state index contributed by atoms with van der Waals surface area (Å²) in [7, 11) is 2.95. The van der Waals surface area contributed by atoms with E-state index in [0.29, 0.717) is 26.0 Å². The number of esters is 1. The standard InChI is InChI=1S/C18H26N2O4/c1-23-14-18(8-10-19-11-9-18)17(22)20(13-16(21)24-2)12-15-6-4-3-5-7-15/h3-7,19H,8-14H2,1-2H3. The zero-order chi connectivity index (χ0) is 17.4. The average Bonchev–Trinajstić information content (AvgIpc) is 2.62. The number of nitrogens with zero attached hydrogens (tertiary/aromatic N) is 1. The van der Waals surface area contributed by atoms with Gasteiger partial charge in [-0.15, -0.1) is 0 Å². The normalized spacial score (nSPS) is 16.4. The van der Waals surface area contributed by atoms with Gasteiger partial charge in [-0.05, 0) is 31.5 Å². The minimum atomic E-state index is -0.581. The Bertz CT molecular complexity index is 536. The molecule has 0 unspecified atom stereocenters. The fourth-order valence-electron chi connectivity index (χ4n) is 3.16. The van der Waals surface area contributed by atoms with Crippen molar-refractivity contribution < 1.29 is 19.1 Å². The third-order valence-corrected chi connectivity index (χ3v) is 4.49. The Labute approximate surface area is 143 Å². The van der Waals surface area contributed by atoms with Gasteiger partial charge in [0, 0.05) is 13.7 Å². The molecule has 0 saturated carbocycles. The first kappa shape index (κ1) is 18.4. The van der Waals surface area contributed by atoms with Crippen LogP contribution in [0.2, 0.25) is 0 Å². The zero-order valence-electron chi connectivity index (χ0n) is 14.4. The van der Waals surface area contributed by atoms with Crippen molar-refractivity contribution in [3.63, 3.8) is 0 Å². The second kappa shape index (κ2) is 8.80. The number of nitrogens with one attached hydrogen (secondary N) is 1. The maximum absolute atomic E-state index is 13.3. The lowest BCUT2D eigenvalue weighted by Crippen LogP contribution is -2.52. The highest BCUT2D eigenvalue weighted by Gasteiger charge is 2.42. The smallest absolute Gasteiger partial charge is 0.325 e. The van der Waals surface area contributed by atoms with Gasteiger partial charge in [-0.25, -0.2) is 0 Å². The lowest BCUT2D eigenvalue weighted by molar-refractivity contribution is -0.155. The summed E-state index contributed by atoms with van der Waals surface area (Å²) >= 11 is 0. The Morgan fingerprint density at radius 1 is 1.17 bits per heavy atom. The molecule has 0 aliphatic carbocycles. The van der Waals surface area contributed by atoms with Gasteiger partial charge in [0.1, 0.15) is 6.54 Å². The molecule has 1 N–H and O–H groups in total. The summed E-state index contributed by atoms with van der Waals surface area (Å²) in [6.45, 7) is 2.23. The van der Waals surface area contributed by atoms with E-state index in [9.17, 15) is 9.59 Å². The van der Waals surface area contributed by atoms with Crippen molar-refractivity contribution in [3.8, 4) is 0 Å². The Balaban J connectivity index is 2.22. The molecule has 132 valence electrons. The van der Waals surface area contributed by atoms with Gasteiger partial charge in [-0.3, -0.25) is 9.59 Å². The zero-order valence-corrected chi connectivity index (χ0v) is 14.4. The molecule has 6 nitrogen and oxygen atoms in total. The Morgan fingerprint density at radius 3 is 2.42 bits per heavy atom. The van der Waals surface area contributed by atoms with E-state index in [-0.39, 0.29) is 12.5 Å². The second-order valence-electron chi connectivity index (χ2n) is 6.19. The molecular weight excluding hydrogens is 308 g/mol. The molecule has 1 aromatic carbocycles. The van der Waals surface area contributed by atoms with Crippen LogP contribution in [0.1, 0.15) is 18.4 Å². The molecule has 1 aliphatic heterocycles. The van der Waals surface area contributed by atoms with Crippen LogP contribution in [-0.4, -0.2) is 57.2 Å². The molecule has 2 rings (SSSR count). The molecule has 1 aliphatic rings. The van der Waals surface area contributed by atoms with Crippen LogP contribution in [0.25, 0.3) is 0 Å². The topological polar surface area (TPSA) is 67.9 Å². The molecular formula is C18H26N2O4. The van der Waals surface area contributed by atoms with Gasteiger partial charge in [0.05, 0.1) is 19.1 Å². The van der Waals surface area contributed by atoms with Crippen LogP contribution in [-0.2, 0) is 25.6 Å². The molecule has 0 aromatic heterocycles. The third-order valence-electron chi connectivity index (χ3n) is 4.49. The van der Waals surface area contributed by atoms with E-state index >= 15 is 0 Å². The Kier molecular flexibility index (Phi) is 6.75. The molecule has 0 radical (unpaired) electrons. The van der Waals surface area contributed by atoms with Crippen molar-refractivity contribution in [1.29, 1.82) is 0 Å². The number of benzene rings is 1. The monoisotopic (exact) mass is 334 g/mol. The van der Waals surface area contributed by atoms with E-state index in [4.69, 9.17) is 9.47 Å². The molecule has 1 fully saturated rings. The number of methoxy groups -OCH3 is 2. The molecule has 6 heteroatoms. The van der Waals surface area contributed by atoms with Gasteiger partial charge in [-0.2, -0.15) is 0 Å². The van der Waals surface area contributed by atoms with Crippen molar-refractivity contribution >= 4 is 11.9 Å². The molecule has 0 spiro atoms. The lowest BCUT2D eigenvalue weighted by Gasteiger charge is -2.39. The predicted octanol–water partition coefficient (Wildman–Crippen LogP) is 1.20. The van der Waals surface area contributed by atoms with Gasteiger partial charge < -0.3 is 19.7 Å². The third kappa shape index (κ3) is 4.55. The van der Waals surface area contributed by atoms with Crippen LogP contribution >= 0.6 is 0 Å². The molecule has 1 amide bonds. The first-order valence-corrected chi connectivity index (χ1v) is 8.21. The number of piperidine rings is 1. The van der Waals surface area contributed by atoms with Crippen molar-refractivity contribution in [3.05, 3.63) is 35.9 Å². The van der Waals surface area contributed by atoms with E-state index in [1.807, 2.05) is 30.3 Å². The highest BCUT2D eigenvalue weighted by atomic mass is 16.5. The summed E-state index contributed by atoms with van der Waals surface area (Å²) in [5, 5.41) is 3.28. The van der Waals surface area contributed by atoms with E-state index in [0.717, 1.165) is 18.7 Å². The quantitative estimate of drug-likeness (QED) is 0.759. The minimum absolute atomic E-state index is 0.0416. The number of carbonyl (C=O) groups is 2. The first-order chi connectivity index (χ1) is 11.6. The van der Waals surface area contributed by atoms with E-state index in [1.165, 1.54) is 7.11 Å². The summed E-state index contributed by atoms with van der Waals surface area (Å²) in [5.41, 5.74) is 0.402. The van der Waals surface area contributed by atoms with Gasteiger partial charge in [-0.1, -0.05) is 30.3 Å². The molecule has 0 atom stereocenters. The van der Waals surface area contributed by atoms with Crippen molar-refractivity contribution in [1.82, 2.24) is 10.2 Å². The number of ether oxygens (including phenoxy) is 2. The van der Waals surface area contributed by atoms with Crippen molar-refractivity contribution in [2.45, 2.75) is 19.4 Å². The van der Waals surface area contributed by atoms with E-state index in [2.05, 4.69) is 5.32 Å². The first-order valence-electron chi connectivity index (χ1n) is 8.21. The summed E-state index contributed by atoms with van der Waals surface area (Å²) in [6.07, 6.45) is 1.40. The maximum Gasteiger partial charge on any atom is 0.325 e. The summed E-state index contributed by atoms with van der Waals surface area (Å²) < 4.78 is 10.1. The number of amides is 1. The minimum Gasteiger partial charge on any atom is -0.468 e. The van der Waals surface area contributed by atoms with Gasteiger partial charge >= 0.3 is 5.97 Å². The molecule has 1 saturated heterocycles. The summed E-state index contributed by atoms with van der Waals surface area (Å²) in [5.74, 6) is -0.458. The van der Waals surface area contributed by atoms with E-state index in [1.54, 1.807) is 12.0 Å². The number of hydrogen-bond acceptors (Lipinski definition) is 5. The fourth-order valence-corrected chi connectivity index (χ4v) is 3.16. The predicted molar refractivity (Wildman–Crippen MR) is 90.3 cm³/mol. The molecule has 0 bridgehead atoms. The van der Waals surface area contributed by atoms with Crippen LogP contribution < -0.4 is 5.32 Å². The SMILES string of the molecule is COCC1(C(=O)N(CC(=O)OC)Cc2ccccc2)CCNCC1. The summed E-state index contributed by atoms with van der Waals surface area (Å²) in [6, 6.07) is 9.66.